The molecule has 0 radical (unpaired) electrons. The lowest BCUT2D eigenvalue weighted by Gasteiger charge is -2.31. The first-order chi connectivity index (χ1) is 10.3. The second kappa shape index (κ2) is 5.43. The van der Waals surface area contributed by atoms with Crippen LogP contribution in [0.25, 0.3) is 10.8 Å². The van der Waals surface area contributed by atoms with Crippen LogP contribution in [0.4, 0.5) is 0 Å². The molecule has 2 heterocycles. The lowest BCUT2D eigenvalue weighted by atomic mass is 9.97. The van der Waals surface area contributed by atoms with Crippen molar-refractivity contribution in [2.75, 3.05) is 13.1 Å². The molecule has 0 aromatic heterocycles. The Balaban J connectivity index is 1.65. The molecule has 0 saturated carbocycles. The van der Waals surface area contributed by atoms with Crippen LogP contribution in [-0.2, 0) is 0 Å². The SMILES string of the molecule is CC(c1cccc2ccccc12)N1CCC2CCC(C1)N2. The molecule has 2 nitrogen and oxygen atoms in total. The second-order valence-corrected chi connectivity index (χ2v) is 6.67. The standard InChI is InChI=1S/C19H24N2/c1-14(21-12-11-16-9-10-17(13-21)20-16)18-8-4-6-15-5-2-3-7-19(15)18/h2-8,14,16-17,20H,9-13H2,1H3. The zero-order valence-corrected chi connectivity index (χ0v) is 12.8. The van der Waals surface area contributed by atoms with Gasteiger partial charge in [0.15, 0.2) is 0 Å². The average molecular weight is 280 g/mol. The van der Waals surface area contributed by atoms with Crippen LogP contribution in [0.15, 0.2) is 42.5 Å². The van der Waals surface area contributed by atoms with Gasteiger partial charge in [-0.25, -0.2) is 0 Å². The number of nitrogens with one attached hydrogen (secondary N) is 1. The molecule has 4 rings (SSSR count). The van der Waals surface area contributed by atoms with E-state index < -0.39 is 0 Å². The predicted octanol–water partition coefficient (Wildman–Crippen LogP) is 3.73. The molecule has 0 aliphatic carbocycles. The smallest absolute Gasteiger partial charge is 0.0326 e. The van der Waals surface area contributed by atoms with Gasteiger partial charge < -0.3 is 5.32 Å². The van der Waals surface area contributed by atoms with E-state index in [0.717, 1.165) is 6.04 Å². The van der Waals surface area contributed by atoms with Crippen LogP contribution in [0.5, 0.6) is 0 Å². The Labute approximate surface area is 127 Å². The lowest BCUT2D eigenvalue weighted by molar-refractivity contribution is 0.201. The molecule has 110 valence electrons. The third-order valence-corrected chi connectivity index (χ3v) is 5.38. The Morgan fingerprint density at radius 3 is 2.76 bits per heavy atom. The van der Waals surface area contributed by atoms with Crippen LogP contribution in [-0.4, -0.2) is 30.1 Å². The van der Waals surface area contributed by atoms with Gasteiger partial charge in [-0.3, -0.25) is 4.90 Å². The zero-order valence-electron chi connectivity index (χ0n) is 12.8. The molecule has 2 bridgehead atoms. The van der Waals surface area contributed by atoms with E-state index in [1.165, 1.54) is 48.7 Å². The first-order valence-corrected chi connectivity index (χ1v) is 8.29. The van der Waals surface area contributed by atoms with Crippen molar-refractivity contribution in [3.05, 3.63) is 48.0 Å². The molecule has 0 amide bonds. The fourth-order valence-electron chi connectivity index (χ4n) is 4.13. The summed E-state index contributed by atoms with van der Waals surface area (Å²) in [6.07, 6.45) is 4.02. The molecule has 2 saturated heterocycles. The van der Waals surface area contributed by atoms with Crippen LogP contribution in [0, 0.1) is 0 Å². The Kier molecular flexibility index (Phi) is 3.44. The van der Waals surface area contributed by atoms with E-state index in [1.54, 1.807) is 0 Å². The van der Waals surface area contributed by atoms with Gasteiger partial charge in [0.1, 0.15) is 0 Å². The van der Waals surface area contributed by atoms with Gasteiger partial charge >= 0.3 is 0 Å². The number of rotatable bonds is 2. The largest absolute Gasteiger partial charge is 0.310 e. The first-order valence-electron chi connectivity index (χ1n) is 8.29. The zero-order chi connectivity index (χ0) is 14.2. The van der Waals surface area contributed by atoms with E-state index in [-0.39, 0.29) is 0 Å². The monoisotopic (exact) mass is 280 g/mol. The Morgan fingerprint density at radius 2 is 1.81 bits per heavy atom. The maximum absolute atomic E-state index is 3.78. The van der Waals surface area contributed by atoms with Gasteiger partial charge in [-0.2, -0.15) is 0 Å². The van der Waals surface area contributed by atoms with Crippen molar-refractivity contribution in [2.24, 2.45) is 0 Å². The van der Waals surface area contributed by atoms with Gasteiger partial charge in [-0.15, -0.1) is 0 Å². The highest BCUT2D eigenvalue weighted by Gasteiger charge is 2.31. The van der Waals surface area contributed by atoms with Gasteiger partial charge in [0.2, 0.25) is 0 Å². The number of hydrogen-bond donors (Lipinski definition) is 1. The fraction of sp³-hybridized carbons (Fsp3) is 0.474. The second-order valence-electron chi connectivity index (χ2n) is 6.67. The summed E-state index contributed by atoms with van der Waals surface area (Å²) in [5, 5.41) is 6.55. The van der Waals surface area contributed by atoms with E-state index in [9.17, 15) is 0 Å². The maximum atomic E-state index is 3.78. The van der Waals surface area contributed by atoms with Gasteiger partial charge in [-0.05, 0) is 42.5 Å². The number of hydrogen-bond acceptors (Lipinski definition) is 2. The average Bonchev–Trinajstić information content (AvgIpc) is 2.85. The molecule has 2 aliphatic rings. The van der Waals surface area contributed by atoms with Crippen molar-refractivity contribution < 1.29 is 0 Å². The molecule has 2 heteroatoms. The molecule has 21 heavy (non-hydrogen) atoms. The third kappa shape index (κ3) is 2.47. The Hall–Kier alpha value is -1.38. The Morgan fingerprint density at radius 1 is 1.00 bits per heavy atom. The number of fused-ring (bicyclic) bond motifs is 3. The normalized spacial score (nSPS) is 27.7. The van der Waals surface area contributed by atoms with Gasteiger partial charge in [-0.1, -0.05) is 42.5 Å². The van der Waals surface area contributed by atoms with E-state index in [0.29, 0.717) is 12.1 Å². The van der Waals surface area contributed by atoms with E-state index in [2.05, 4.69) is 59.6 Å². The highest BCUT2D eigenvalue weighted by molar-refractivity contribution is 5.86. The van der Waals surface area contributed by atoms with Crippen LogP contribution in [0.2, 0.25) is 0 Å². The highest BCUT2D eigenvalue weighted by Crippen LogP contribution is 2.31. The fourth-order valence-corrected chi connectivity index (χ4v) is 4.13. The van der Waals surface area contributed by atoms with Crippen molar-refractivity contribution in [3.8, 4) is 0 Å². The van der Waals surface area contributed by atoms with Crippen LogP contribution in [0.1, 0.15) is 37.8 Å². The maximum Gasteiger partial charge on any atom is 0.0326 e. The lowest BCUT2D eigenvalue weighted by Crippen LogP contribution is -2.36. The number of nitrogens with zero attached hydrogens (tertiary/aromatic N) is 1. The molecule has 2 aliphatic heterocycles. The summed E-state index contributed by atoms with van der Waals surface area (Å²) in [6.45, 7) is 4.79. The summed E-state index contributed by atoms with van der Waals surface area (Å²) in [5.74, 6) is 0. The molecule has 3 unspecified atom stereocenters. The first kappa shape index (κ1) is 13.3. The molecular formula is C19H24N2. The minimum absolute atomic E-state index is 0.497. The predicted molar refractivity (Wildman–Crippen MR) is 88.5 cm³/mol. The summed E-state index contributed by atoms with van der Waals surface area (Å²) in [4.78, 5) is 2.68. The van der Waals surface area contributed by atoms with Crippen molar-refractivity contribution in [3.63, 3.8) is 0 Å². The van der Waals surface area contributed by atoms with Gasteiger partial charge in [0.05, 0.1) is 0 Å². The van der Waals surface area contributed by atoms with Crippen molar-refractivity contribution in [1.82, 2.24) is 10.2 Å². The summed E-state index contributed by atoms with van der Waals surface area (Å²) in [7, 11) is 0. The van der Waals surface area contributed by atoms with Crippen LogP contribution < -0.4 is 5.32 Å². The van der Waals surface area contributed by atoms with Crippen LogP contribution >= 0.6 is 0 Å². The molecule has 3 atom stereocenters. The minimum atomic E-state index is 0.497. The summed E-state index contributed by atoms with van der Waals surface area (Å²) in [5.41, 5.74) is 1.48. The summed E-state index contributed by atoms with van der Waals surface area (Å²) < 4.78 is 0. The van der Waals surface area contributed by atoms with Crippen molar-refractivity contribution in [2.45, 2.75) is 44.3 Å². The molecule has 2 fully saturated rings. The quantitative estimate of drug-likeness (QED) is 0.902. The van der Waals surface area contributed by atoms with Crippen molar-refractivity contribution >= 4 is 10.8 Å². The third-order valence-electron chi connectivity index (χ3n) is 5.38. The molecule has 0 spiro atoms. The number of benzene rings is 2. The molecule has 2 aromatic rings. The molecule has 1 N–H and O–H groups in total. The van der Waals surface area contributed by atoms with E-state index >= 15 is 0 Å². The van der Waals surface area contributed by atoms with Crippen molar-refractivity contribution in [1.29, 1.82) is 0 Å². The van der Waals surface area contributed by atoms with E-state index in [4.69, 9.17) is 0 Å². The topological polar surface area (TPSA) is 15.3 Å². The van der Waals surface area contributed by atoms with Crippen LogP contribution in [0.3, 0.4) is 0 Å². The molecular weight excluding hydrogens is 256 g/mol. The highest BCUT2D eigenvalue weighted by atomic mass is 15.2. The summed E-state index contributed by atoms with van der Waals surface area (Å²) in [6, 6.07) is 17.5. The minimum Gasteiger partial charge on any atom is -0.310 e. The van der Waals surface area contributed by atoms with Gasteiger partial charge in [0.25, 0.3) is 0 Å². The number of likely N-dealkylation sites (tertiary alicyclic amines) is 1. The van der Waals surface area contributed by atoms with Gasteiger partial charge in [0, 0.05) is 31.2 Å². The van der Waals surface area contributed by atoms with E-state index in [1.807, 2.05) is 0 Å². The summed E-state index contributed by atoms with van der Waals surface area (Å²) >= 11 is 0. The Bertz CT molecular complexity index is 631. The molecule has 2 aromatic carbocycles.